The molecule has 8 nitrogen and oxygen atoms in total. The van der Waals surface area contributed by atoms with Crippen LogP contribution in [0.4, 0.5) is 0 Å². The zero-order chi connectivity index (χ0) is 17.6. The summed E-state index contributed by atoms with van der Waals surface area (Å²) in [7, 11) is 0. The van der Waals surface area contributed by atoms with E-state index in [-0.39, 0.29) is 63.4 Å². The average molecular weight is 401 g/mol. The molecule has 0 heterocycles. The van der Waals surface area contributed by atoms with Gasteiger partial charge in [0.25, 0.3) is 0 Å². The number of nitrogens with zero attached hydrogens (tertiary/aromatic N) is 1. The molecule has 12 heteroatoms. The largest absolute Gasteiger partial charge is 1.00 e. The normalized spacial score (nSPS) is 16.8. The fraction of sp³-hybridized carbons (Fsp3) is 0.833. The van der Waals surface area contributed by atoms with Gasteiger partial charge in [0.05, 0.1) is 24.7 Å². The van der Waals surface area contributed by atoms with Crippen molar-refractivity contribution in [3.63, 3.8) is 0 Å². The predicted molar refractivity (Wildman–Crippen MR) is 81.4 cm³/mol. The monoisotopic (exact) mass is 401 g/mol. The Bertz CT molecular complexity index is 392. The van der Waals surface area contributed by atoms with Gasteiger partial charge in [-0.1, -0.05) is 18.2 Å². The minimum Gasteiger partial charge on any atom is -0.548 e. The molecule has 0 aromatic heterocycles. The average Bonchev–Trinajstić information content (AvgIpc) is 2.42. The van der Waals surface area contributed by atoms with Gasteiger partial charge in [0.15, 0.2) is 0 Å². The van der Waals surface area contributed by atoms with Gasteiger partial charge in [-0.25, -0.2) is 0 Å². The Hall–Kier alpha value is 1.38. The molecule has 0 radical (unpaired) electrons. The van der Waals surface area contributed by atoms with Crippen molar-refractivity contribution in [3.05, 3.63) is 0 Å². The van der Waals surface area contributed by atoms with E-state index in [2.05, 4.69) is 0 Å². The van der Waals surface area contributed by atoms with Crippen LogP contribution in [-0.4, -0.2) is 84.3 Å². The summed E-state index contributed by atoms with van der Waals surface area (Å²) >= 11 is 9.56. The molecule has 0 aliphatic rings. The molecule has 0 aliphatic carbocycles. The Kier molecular flexibility index (Phi) is 18.1. The molecule has 5 atom stereocenters. The van der Waals surface area contributed by atoms with Crippen molar-refractivity contribution in [3.8, 4) is 0 Å². The molecular weight excluding hydrogens is 380 g/mol. The van der Waals surface area contributed by atoms with E-state index < -0.39 is 55.5 Å². The predicted octanol–water partition coefficient (Wildman–Crippen LogP) is -9.66. The van der Waals surface area contributed by atoms with Gasteiger partial charge in [0.1, 0.15) is 18.3 Å². The van der Waals surface area contributed by atoms with E-state index in [0.29, 0.717) is 0 Å². The van der Waals surface area contributed by atoms with Gasteiger partial charge < -0.3 is 65.2 Å². The minimum atomic E-state index is -1.83. The van der Waals surface area contributed by atoms with Crippen LogP contribution in [0.2, 0.25) is 0 Å². The number of hydrogen-bond donors (Lipinski definition) is 5. The van der Waals surface area contributed by atoms with Crippen molar-refractivity contribution in [1.29, 1.82) is 0 Å². The molecule has 0 aromatic rings. The van der Waals surface area contributed by atoms with E-state index in [1.54, 1.807) is 13.8 Å². The summed E-state index contributed by atoms with van der Waals surface area (Å²) in [5.74, 6) is -1.89. The van der Waals surface area contributed by atoms with Gasteiger partial charge in [-0.2, -0.15) is 0 Å². The van der Waals surface area contributed by atoms with Crippen molar-refractivity contribution in [2.75, 3.05) is 13.2 Å². The molecule has 0 amide bonds. The summed E-state index contributed by atoms with van der Waals surface area (Å²) in [5, 5.41) is 58.3. The Balaban J connectivity index is -0.00000220. The van der Waals surface area contributed by atoms with Crippen molar-refractivity contribution in [1.82, 2.24) is 4.90 Å². The van der Waals surface area contributed by atoms with Gasteiger partial charge in [-0.3, -0.25) is 0 Å². The second-order valence-electron chi connectivity index (χ2n) is 5.22. The number of aliphatic carboxylic acids is 1. The van der Waals surface area contributed by atoms with Gasteiger partial charge in [0, 0.05) is 6.54 Å². The van der Waals surface area contributed by atoms with Gasteiger partial charge >= 0.3 is 59.1 Å². The Morgan fingerprint density at radius 2 is 1.54 bits per heavy atom. The molecule has 0 aromatic carbocycles. The van der Waals surface area contributed by atoms with Gasteiger partial charge in [-0.05, 0) is 5.92 Å². The molecular formula is C12H21NNa2O7S2. The van der Waals surface area contributed by atoms with Crippen LogP contribution in [-0.2, 0) is 17.4 Å². The van der Waals surface area contributed by atoms with E-state index in [1.807, 2.05) is 0 Å². The third kappa shape index (κ3) is 9.36. The number of carboxylic acids is 1. The van der Waals surface area contributed by atoms with Crippen molar-refractivity contribution in [2.24, 2.45) is 5.92 Å². The summed E-state index contributed by atoms with van der Waals surface area (Å²) in [6, 6.07) is -1.22. The fourth-order valence-electron chi connectivity index (χ4n) is 1.93. The first-order valence-electron chi connectivity index (χ1n) is 6.56. The van der Waals surface area contributed by atoms with Crippen molar-refractivity contribution in [2.45, 2.75) is 44.3 Å². The zero-order valence-electron chi connectivity index (χ0n) is 14.2. The number of carboxylic acid groups (broad SMARTS) is 1. The molecule has 5 unspecified atom stereocenters. The number of aliphatic hydroxyl groups excluding tert-OH is 5. The summed E-state index contributed by atoms with van der Waals surface area (Å²) in [4.78, 5) is 12.2. The third-order valence-electron chi connectivity index (χ3n) is 3.15. The van der Waals surface area contributed by atoms with E-state index in [0.717, 1.165) is 4.90 Å². The number of hydrogen-bond acceptors (Lipinski definition) is 9. The topological polar surface area (TPSA) is 145 Å². The molecule has 0 saturated carbocycles. The number of carbonyl (C=O) groups is 1. The van der Waals surface area contributed by atoms with Crippen LogP contribution in [0.1, 0.15) is 13.8 Å². The molecule has 0 spiro atoms. The van der Waals surface area contributed by atoms with E-state index in [9.17, 15) is 30.3 Å². The molecule has 0 fully saturated rings. The minimum absolute atomic E-state index is 0. The fourth-order valence-corrected chi connectivity index (χ4v) is 2.31. The maximum absolute atomic E-state index is 11.2. The van der Waals surface area contributed by atoms with E-state index >= 15 is 0 Å². The quantitative estimate of drug-likeness (QED) is 0.143. The maximum Gasteiger partial charge on any atom is 1.00 e. The molecule has 0 rings (SSSR count). The van der Waals surface area contributed by atoms with Crippen LogP contribution in [0, 0.1) is 5.92 Å². The standard InChI is InChI=1S/C12H23NO7S2.2Na/c1-5(2)8(11(19)20)13(12(21)22)3-6(15)9(17)10(18)7(16)4-14;;/h5-10,14-18H,3-4H2,1-2H3,(H,19,20)(H,21,22);;/q;2*+1/p-2. The number of rotatable bonds is 9. The van der Waals surface area contributed by atoms with Crippen LogP contribution in [0.25, 0.3) is 0 Å². The molecule has 24 heavy (non-hydrogen) atoms. The van der Waals surface area contributed by atoms with Gasteiger partial charge in [0.2, 0.25) is 0 Å². The first-order chi connectivity index (χ1) is 10.0. The SMILES string of the molecule is CC(C)C(C(=O)[O-])N(CC(O)C(O)C(O)C(O)CO)C(=S)[S-].[Na+].[Na+]. The Morgan fingerprint density at radius 3 is 1.83 bits per heavy atom. The molecule has 0 bridgehead atoms. The summed E-state index contributed by atoms with van der Waals surface area (Å²) in [6.07, 6.45) is -6.96. The van der Waals surface area contributed by atoms with Crippen molar-refractivity contribution >= 4 is 35.1 Å². The van der Waals surface area contributed by atoms with Crippen LogP contribution in [0.15, 0.2) is 0 Å². The first kappa shape index (κ1) is 30.1. The number of aliphatic hydroxyl groups is 5. The van der Waals surface area contributed by atoms with E-state index in [4.69, 9.17) is 30.0 Å². The summed E-state index contributed by atoms with van der Waals surface area (Å²) in [6.45, 7) is 1.89. The number of thiocarbonyl (C=S) groups is 1. The van der Waals surface area contributed by atoms with Crippen LogP contribution < -0.4 is 64.2 Å². The molecule has 130 valence electrons. The van der Waals surface area contributed by atoms with Crippen LogP contribution in [0.5, 0.6) is 0 Å². The Labute approximate surface area is 196 Å². The zero-order valence-corrected chi connectivity index (χ0v) is 19.8. The molecule has 0 aliphatic heterocycles. The third-order valence-corrected chi connectivity index (χ3v) is 3.62. The smallest absolute Gasteiger partial charge is 0.548 e. The van der Waals surface area contributed by atoms with Crippen LogP contribution >= 0.6 is 12.2 Å². The van der Waals surface area contributed by atoms with Gasteiger partial charge in [-0.15, -0.1) is 0 Å². The van der Waals surface area contributed by atoms with Crippen LogP contribution in [0.3, 0.4) is 0 Å². The number of carbonyl (C=O) groups excluding carboxylic acids is 1. The first-order valence-corrected chi connectivity index (χ1v) is 7.37. The maximum atomic E-state index is 11.2. The molecule has 0 saturated heterocycles. The molecule has 5 N–H and O–H groups in total. The summed E-state index contributed by atoms with van der Waals surface area (Å²) in [5.41, 5.74) is 0. The van der Waals surface area contributed by atoms with Crippen molar-refractivity contribution < 1.29 is 94.5 Å². The Morgan fingerprint density at radius 1 is 1.12 bits per heavy atom. The second kappa shape index (κ2) is 14.4. The second-order valence-corrected chi connectivity index (χ2v) is 6.26. The van der Waals surface area contributed by atoms with E-state index in [1.165, 1.54) is 0 Å². The summed E-state index contributed by atoms with van der Waals surface area (Å²) < 4.78 is -0.244.